The number of nitrogens with zero attached hydrogens (tertiary/aromatic N) is 2. The monoisotopic (exact) mass is 808 g/mol. The lowest BCUT2D eigenvalue weighted by Gasteiger charge is -2.29. The van der Waals surface area contributed by atoms with E-state index >= 15 is 0 Å². The third-order valence-corrected chi connectivity index (χ3v) is 13.8. The molecule has 0 atom stereocenters. The standard InChI is InChI=1S/C58H36N2OS/c1-2-17-42-37(14-1)32-35-50-56-48(23-13-28-54(56)61-57(42)50)46-20-5-7-25-51(46)59(39-33-30-38(31-34-39)43-22-12-24-49-47-21-6-10-29-55(47)62-58(43)49)40-15-11-16-41(36-40)60-52-26-8-3-18-44(52)45-19-4-9-27-53(45)60/h1-36H. The quantitative estimate of drug-likeness (QED) is 0.167. The summed E-state index contributed by atoms with van der Waals surface area (Å²) in [6.07, 6.45) is 0. The van der Waals surface area contributed by atoms with Crippen LogP contribution >= 0.6 is 11.3 Å². The van der Waals surface area contributed by atoms with Crippen molar-refractivity contribution in [3.63, 3.8) is 0 Å². The van der Waals surface area contributed by atoms with E-state index in [2.05, 4.69) is 228 Å². The normalized spacial score (nSPS) is 11.9. The van der Waals surface area contributed by atoms with Crippen LogP contribution < -0.4 is 4.90 Å². The number of hydrogen-bond acceptors (Lipinski definition) is 3. The maximum atomic E-state index is 6.71. The first-order valence-electron chi connectivity index (χ1n) is 21.1. The Morgan fingerprint density at radius 2 is 1.06 bits per heavy atom. The Kier molecular flexibility index (Phi) is 7.78. The zero-order valence-electron chi connectivity index (χ0n) is 33.5. The van der Waals surface area contributed by atoms with Gasteiger partial charge in [0.2, 0.25) is 0 Å². The molecule has 13 aromatic rings. The van der Waals surface area contributed by atoms with Gasteiger partial charge in [0, 0.05) is 69.7 Å². The maximum Gasteiger partial charge on any atom is 0.143 e. The Hall–Kier alpha value is -7.92. The average Bonchev–Trinajstić information content (AvgIpc) is 4.02. The van der Waals surface area contributed by atoms with Gasteiger partial charge in [-0.25, -0.2) is 0 Å². The van der Waals surface area contributed by atoms with E-state index in [1.807, 2.05) is 11.3 Å². The molecule has 10 aromatic carbocycles. The molecule has 0 saturated heterocycles. The van der Waals surface area contributed by atoms with Crippen molar-refractivity contribution >= 4 is 103 Å². The number of anilines is 3. The SMILES string of the molecule is c1cc(N(c2ccc(-c3cccc4c3sc3ccccc34)cc2)c2ccccc2-c2cccc3oc4c5ccccc5ccc4c23)cc(-n2c3ccccc3c3ccccc32)c1. The summed E-state index contributed by atoms with van der Waals surface area (Å²) in [4.78, 5) is 2.42. The lowest BCUT2D eigenvalue weighted by molar-refractivity contribution is 0.673. The molecular weight excluding hydrogens is 773 g/mol. The minimum absolute atomic E-state index is 0.878. The molecule has 0 radical (unpaired) electrons. The summed E-state index contributed by atoms with van der Waals surface area (Å²) in [7, 11) is 0. The molecule has 0 spiro atoms. The van der Waals surface area contributed by atoms with E-state index in [9.17, 15) is 0 Å². The summed E-state index contributed by atoms with van der Waals surface area (Å²) in [6, 6.07) is 79.2. The van der Waals surface area contributed by atoms with Crippen LogP contribution in [0.4, 0.5) is 17.1 Å². The predicted molar refractivity (Wildman–Crippen MR) is 264 cm³/mol. The van der Waals surface area contributed by atoms with Crippen LogP contribution in [0, 0.1) is 0 Å². The lowest BCUT2D eigenvalue weighted by atomic mass is 9.96. The molecule has 0 amide bonds. The van der Waals surface area contributed by atoms with Gasteiger partial charge in [-0.2, -0.15) is 0 Å². The summed E-state index contributed by atoms with van der Waals surface area (Å²) in [6.45, 7) is 0. The van der Waals surface area contributed by atoms with E-state index < -0.39 is 0 Å². The van der Waals surface area contributed by atoms with Crippen molar-refractivity contribution in [1.29, 1.82) is 0 Å². The average molecular weight is 809 g/mol. The number of rotatable bonds is 6. The number of para-hydroxylation sites is 3. The first-order chi connectivity index (χ1) is 30.8. The second-order valence-corrected chi connectivity index (χ2v) is 17.1. The van der Waals surface area contributed by atoms with Crippen LogP contribution in [0.3, 0.4) is 0 Å². The van der Waals surface area contributed by atoms with E-state index in [1.54, 1.807) is 0 Å². The fourth-order valence-corrected chi connectivity index (χ4v) is 11.1. The number of benzene rings is 10. The van der Waals surface area contributed by atoms with Crippen molar-refractivity contribution in [3.05, 3.63) is 218 Å². The molecule has 0 aliphatic heterocycles. The minimum Gasteiger partial charge on any atom is -0.455 e. The third-order valence-electron chi connectivity index (χ3n) is 12.6. The zero-order chi connectivity index (χ0) is 40.7. The van der Waals surface area contributed by atoms with Gasteiger partial charge in [-0.3, -0.25) is 0 Å². The topological polar surface area (TPSA) is 21.3 Å². The van der Waals surface area contributed by atoms with Crippen molar-refractivity contribution in [3.8, 4) is 27.9 Å². The van der Waals surface area contributed by atoms with Gasteiger partial charge >= 0.3 is 0 Å². The number of thiophene rings is 1. The van der Waals surface area contributed by atoms with E-state index in [1.165, 1.54) is 58.5 Å². The summed E-state index contributed by atoms with van der Waals surface area (Å²) in [5.41, 5.74) is 13.2. The smallest absolute Gasteiger partial charge is 0.143 e. The molecule has 0 bridgehead atoms. The molecule has 4 heteroatoms. The van der Waals surface area contributed by atoms with E-state index in [0.29, 0.717) is 0 Å². The molecular formula is C58H36N2OS. The van der Waals surface area contributed by atoms with Crippen molar-refractivity contribution in [1.82, 2.24) is 4.57 Å². The molecule has 3 aromatic heterocycles. The van der Waals surface area contributed by atoms with Crippen LogP contribution in [-0.4, -0.2) is 4.57 Å². The van der Waals surface area contributed by atoms with Crippen LogP contribution in [0.15, 0.2) is 223 Å². The number of aromatic nitrogens is 1. The lowest BCUT2D eigenvalue weighted by Crippen LogP contribution is -2.12. The number of hydrogen-bond donors (Lipinski definition) is 0. The van der Waals surface area contributed by atoms with Gasteiger partial charge in [-0.1, -0.05) is 152 Å². The molecule has 62 heavy (non-hydrogen) atoms. The molecule has 3 heterocycles. The number of fused-ring (bicyclic) bond motifs is 11. The van der Waals surface area contributed by atoms with Crippen molar-refractivity contribution in [2.24, 2.45) is 0 Å². The zero-order valence-corrected chi connectivity index (χ0v) is 34.3. The van der Waals surface area contributed by atoms with Crippen LogP contribution in [0.2, 0.25) is 0 Å². The van der Waals surface area contributed by atoms with Gasteiger partial charge in [0.05, 0.1) is 16.7 Å². The second kappa shape index (κ2) is 13.8. The highest BCUT2D eigenvalue weighted by Crippen LogP contribution is 2.47. The molecule has 0 unspecified atom stereocenters. The Bertz CT molecular complexity index is 3830. The molecule has 3 nitrogen and oxygen atoms in total. The Morgan fingerprint density at radius 3 is 1.90 bits per heavy atom. The maximum absolute atomic E-state index is 6.71. The predicted octanol–water partition coefficient (Wildman–Crippen LogP) is 17.0. The molecule has 13 rings (SSSR count). The van der Waals surface area contributed by atoms with Gasteiger partial charge < -0.3 is 13.9 Å². The molecule has 0 fully saturated rings. The van der Waals surface area contributed by atoms with Crippen molar-refractivity contribution in [2.45, 2.75) is 0 Å². The van der Waals surface area contributed by atoms with E-state index in [4.69, 9.17) is 4.42 Å². The van der Waals surface area contributed by atoms with Crippen LogP contribution in [0.25, 0.3) is 103 Å². The largest absolute Gasteiger partial charge is 0.455 e. The van der Waals surface area contributed by atoms with Crippen molar-refractivity contribution < 1.29 is 4.42 Å². The van der Waals surface area contributed by atoms with Gasteiger partial charge in [-0.05, 0) is 88.8 Å². The molecule has 0 aliphatic carbocycles. The molecule has 0 saturated carbocycles. The van der Waals surface area contributed by atoms with Crippen LogP contribution in [-0.2, 0) is 0 Å². The highest BCUT2D eigenvalue weighted by Gasteiger charge is 2.22. The number of furan rings is 1. The van der Waals surface area contributed by atoms with Gasteiger partial charge in [0.1, 0.15) is 11.2 Å². The third kappa shape index (κ3) is 5.30. The fourth-order valence-electron chi connectivity index (χ4n) is 9.84. The molecule has 0 aliphatic rings. The van der Waals surface area contributed by atoms with Crippen LogP contribution in [0.5, 0.6) is 0 Å². The highest BCUT2D eigenvalue weighted by molar-refractivity contribution is 7.26. The van der Waals surface area contributed by atoms with Crippen molar-refractivity contribution in [2.75, 3.05) is 4.90 Å². The summed E-state index contributed by atoms with van der Waals surface area (Å²) < 4.78 is 11.7. The first kappa shape index (κ1) is 34.9. The first-order valence-corrected chi connectivity index (χ1v) is 21.9. The summed E-state index contributed by atoms with van der Waals surface area (Å²) >= 11 is 1.87. The summed E-state index contributed by atoms with van der Waals surface area (Å²) in [5.74, 6) is 0. The van der Waals surface area contributed by atoms with Gasteiger partial charge in [0.15, 0.2) is 0 Å². The fraction of sp³-hybridized carbons (Fsp3) is 0. The second-order valence-electron chi connectivity index (χ2n) is 16.0. The Balaban J connectivity index is 1.03. The van der Waals surface area contributed by atoms with E-state index in [-0.39, 0.29) is 0 Å². The molecule has 290 valence electrons. The molecule has 0 N–H and O–H groups in total. The van der Waals surface area contributed by atoms with Gasteiger partial charge in [0.25, 0.3) is 0 Å². The Morgan fingerprint density at radius 1 is 0.419 bits per heavy atom. The summed E-state index contributed by atoms with van der Waals surface area (Å²) in [5, 5.41) is 9.62. The Labute approximate surface area is 361 Å². The highest BCUT2D eigenvalue weighted by atomic mass is 32.1. The van der Waals surface area contributed by atoms with E-state index in [0.717, 1.165) is 61.2 Å². The van der Waals surface area contributed by atoms with Crippen LogP contribution in [0.1, 0.15) is 0 Å². The van der Waals surface area contributed by atoms with Gasteiger partial charge in [-0.15, -0.1) is 11.3 Å². The minimum atomic E-state index is 0.878.